The molecule has 0 amide bonds. The summed E-state index contributed by atoms with van der Waals surface area (Å²) in [4.78, 5) is 0. The number of rotatable bonds is 2. The largest absolute Gasteiger partial charge is 0.246 e. The van der Waals surface area contributed by atoms with Crippen LogP contribution in [-0.2, 0) is 6.67 Å². The third kappa shape index (κ3) is 2.28. The van der Waals surface area contributed by atoms with Gasteiger partial charge in [0.2, 0.25) is 0 Å². The molecule has 0 aliphatic heterocycles. The van der Waals surface area contributed by atoms with Crippen LogP contribution < -0.4 is 0 Å². The number of alkyl halides is 1. The number of hydrogen-bond donors (Lipinski definition) is 0. The fourth-order valence-corrected chi connectivity index (χ4v) is 2.26. The summed E-state index contributed by atoms with van der Waals surface area (Å²) in [6, 6.07) is 13.0. The summed E-state index contributed by atoms with van der Waals surface area (Å²) in [7, 11) is 0. The quantitative estimate of drug-likeness (QED) is 0.711. The second-order valence-corrected chi connectivity index (χ2v) is 4.74. The van der Waals surface area contributed by atoms with Gasteiger partial charge in [-0.25, -0.2) is 4.39 Å². The molecule has 0 spiro atoms. The van der Waals surface area contributed by atoms with Crippen LogP contribution in [-0.4, -0.2) is 0 Å². The Kier molecular flexibility index (Phi) is 3.62. The molecular formula is C13H9BrClF. The number of hydrogen-bond acceptors (Lipinski definition) is 0. The molecule has 0 fully saturated rings. The van der Waals surface area contributed by atoms with Crippen LogP contribution in [0.25, 0.3) is 11.1 Å². The lowest BCUT2D eigenvalue weighted by Gasteiger charge is -2.09. The molecule has 2 aromatic carbocycles. The number of halogens is 3. The lowest BCUT2D eigenvalue weighted by Crippen LogP contribution is -1.87. The van der Waals surface area contributed by atoms with E-state index in [1.54, 1.807) is 12.1 Å². The third-order valence-electron chi connectivity index (χ3n) is 2.38. The fourth-order valence-electron chi connectivity index (χ4n) is 1.62. The Balaban J connectivity index is 2.60. The van der Waals surface area contributed by atoms with Gasteiger partial charge in [-0.3, -0.25) is 0 Å². The van der Waals surface area contributed by atoms with E-state index in [2.05, 4.69) is 15.9 Å². The first-order valence-corrected chi connectivity index (χ1v) is 5.99. The standard InChI is InChI=1S/C13H9BrClF/c14-10-5-6-11(9(7-10)8-16)12-3-1-2-4-13(12)15/h1-7H,8H2. The van der Waals surface area contributed by atoms with Gasteiger partial charge < -0.3 is 0 Å². The highest BCUT2D eigenvalue weighted by Gasteiger charge is 2.08. The van der Waals surface area contributed by atoms with E-state index in [-0.39, 0.29) is 0 Å². The maximum atomic E-state index is 12.9. The first-order chi connectivity index (χ1) is 7.72. The average Bonchev–Trinajstić information content (AvgIpc) is 2.30. The van der Waals surface area contributed by atoms with Gasteiger partial charge in [0.1, 0.15) is 6.67 Å². The normalized spacial score (nSPS) is 10.4. The third-order valence-corrected chi connectivity index (χ3v) is 3.20. The zero-order chi connectivity index (χ0) is 11.5. The van der Waals surface area contributed by atoms with Crippen molar-refractivity contribution in [3.63, 3.8) is 0 Å². The second-order valence-electron chi connectivity index (χ2n) is 3.41. The van der Waals surface area contributed by atoms with Crippen molar-refractivity contribution in [3.05, 3.63) is 57.5 Å². The average molecular weight is 300 g/mol. The van der Waals surface area contributed by atoms with E-state index in [9.17, 15) is 4.39 Å². The Morgan fingerprint density at radius 2 is 1.81 bits per heavy atom. The molecule has 0 aliphatic rings. The van der Waals surface area contributed by atoms with Gasteiger partial charge in [-0.1, -0.05) is 51.8 Å². The van der Waals surface area contributed by atoms with Crippen molar-refractivity contribution in [2.45, 2.75) is 6.67 Å². The van der Waals surface area contributed by atoms with Crippen LogP contribution >= 0.6 is 27.5 Å². The molecule has 2 rings (SSSR count). The van der Waals surface area contributed by atoms with Crippen molar-refractivity contribution in [2.24, 2.45) is 0 Å². The van der Waals surface area contributed by atoms with Gasteiger partial charge >= 0.3 is 0 Å². The smallest absolute Gasteiger partial charge is 0.115 e. The minimum atomic E-state index is -0.500. The van der Waals surface area contributed by atoms with Gasteiger partial charge in [0.05, 0.1) is 0 Å². The van der Waals surface area contributed by atoms with E-state index >= 15 is 0 Å². The Hall–Kier alpha value is -0.860. The Morgan fingerprint density at radius 1 is 1.06 bits per heavy atom. The van der Waals surface area contributed by atoms with Gasteiger partial charge in [-0.05, 0) is 29.3 Å². The first kappa shape index (κ1) is 11.6. The molecule has 0 nitrogen and oxygen atoms in total. The van der Waals surface area contributed by atoms with Crippen molar-refractivity contribution in [2.75, 3.05) is 0 Å². The van der Waals surface area contributed by atoms with Crippen LogP contribution in [0.4, 0.5) is 4.39 Å². The van der Waals surface area contributed by atoms with E-state index in [1.165, 1.54) is 0 Å². The summed E-state index contributed by atoms with van der Waals surface area (Å²) in [5, 5.41) is 0.638. The molecule has 0 N–H and O–H groups in total. The number of benzene rings is 2. The zero-order valence-electron chi connectivity index (χ0n) is 8.38. The van der Waals surface area contributed by atoms with Gasteiger partial charge in [0.25, 0.3) is 0 Å². The molecule has 0 bridgehead atoms. The highest BCUT2D eigenvalue weighted by atomic mass is 79.9. The maximum absolute atomic E-state index is 12.9. The molecule has 2 aromatic rings. The zero-order valence-corrected chi connectivity index (χ0v) is 10.7. The molecular weight excluding hydrogens is 290 g/mol. The van der Waals surface area contributed by atoms with Crippen molar-refractivity contribution >= 4 is 27.5 Å². The summed E-state index contributed by atoms with van der Waals surface area (Å²) < 4.78 is 13.8. The second kappa shape index (κ2) is 4.98. The molecule has 0 aromatic heterocycles. The predicted octanol–water partition coefficient (Wildman–Crippen LogP) is 5.24. The topological polar surface area (TPSA) is 0 Å². The van der Waals surface area contributed by atoms with Crippen LogP contribution in [0.15, 0.2) is 46.9 Å². The molecule has 16 heavy (non-hydrogen) atoms. The van der Waals surface area contributed by atoms with Gasteiger partial charge in [-0.15, -0.1) is 0 Å². The SMILES string of the molecule is FCc1cc(Br)ccc1-c1ccccc1Cl. The van der Waals surface area contributed by atoms with Gasteiger partial charge in [0, 0.05) is 15.1 Å². The van der Waals surface area contributed by atoms with E-state index in [1.807, 2.05) is 30.3 Å². The fraction of sp³-hybridized carbons (Fsp3) is 0.0769. The van der Waals surface area contributed by atoms with Crippen LogP contribution in [0.3, 0.4) is 0 Å². The molecule has 0 aliphatic carbocycles. The van der Waals surface area contributed by atoms with Crippen molar-refractivity contribution < 1.29 is 4.39 Å². The maximum Gasteiger partial charge on any atom is 0.115 e. The van der Waals surface area contributed by atoms with Gasteiger partial charge in [-0.2, -0.15) is 0 Å². The summed E-state index contributed by atoms with van der Waals surface area (Å²) >= 11 is 9.42. The van der Waals surface area contributed by atoms with Crippen molar-refractivity contribution in [1.29, 1.82) is 0 Å². The monoisotopic (exact) mass is 298 g/mol. The summed E-state index contributed by atoms with van der Waals surface area (Å²) in [6.07, 6.45) is 0. The first-order valence-electron chi connectivity index (χ1n) is 4.81. The van der Waals surface area contributed by atoms with E-state index in [0.29, 0.717) is 10.6 Å². The van der Waals surface area contributed by atoms with Crippen LogP contribution in [0, 0.1) is 0 Å². The van der Waals surface area contributed by atoms with E-state index in [0.717, 1.165) is 15.6 Å². The van der Waals surface area contributed by atoms with Crippen molar-refractivity contribution in [1.82, 2.24) is 0 Å². The van der Waals surface area contributed by atoms with E-state index in [4.69, 9.17) is 11.6 Å². The van der Waals surface area contributed by atoms with E-state index < -0.39 is 6.67 Å². The molecule has 3 heteroatoms. The minimum absolute atomic E-state index is 0.500. The minimum Gasteiger partial charge on any atom is -0.246 e. The molecule has 0 saturated carbocycles. The lowest BCUT2D eigenvalue weighted by molar-refractivity contribution is 0.486. The predicted molar refractivity (Wildman–Crippen MR) is 69.4 cm³/mol. The highest BCUT2D eigenvalue weighted by molar-refractivity contribution is 9.10. The Labute approximate surface area is 107 Å². The summed E-state index contributed by atoms with van der Waals surface area (Å²) in [5.41, 5.74) is 2.35. The Morgan fingerprint density at radius 3 is 2.50 bits per heavy atom. The summed E-state index contributed by atoms with van der Waals surface area (Å²) in [5.74, 6) is 0. The molecule has 0 radical (unpaired) electrons. The molecule has 0 unspecified atom stereocenters. The van der Waals surface area contributed by atoms with Crippen LogP contribution in [0.5, 0.6) is 0 Å². The highest BCUT2D eigenvalue weighted by Crippen LogP contribution is 2.32. The van der Waals surface area contributed by atoms with Crippen LogP contribution in [0.2, 0.25) is 5.02 Å². The van der Waals surface area contributed by atoms with Crippen LogP contribution in [0.1, 0.15) is 5.56 Å². The summed E-state index contributed by atoms with van der Waals surface area (Å²) in [6.45, 7) is -0.500. The molecule has 0 atom stereocenters. The molecule has 0 saturated heterocycles. The van der Waals surface area contributed by atoms with Gasteiger partial charge in [0.15, 0.2) is 0 Å². The van der Waals surface area contributed by atoms with Crippen molar-refractivity contribution in [3.8, 4) is 11.1 Å². The Bertz CT molecular complexity index is 511. The molecule has 82 valence electrons. The lowest BCUT2D eigenvalue weighted by atomic mass is 10.0. The molecule has 0 heterocycles.